The van der Waals surface area contributed by atoms with Gasteiger partial charge in [-0.2, -0.15) is 0 Å². The SMILES string of the molecule is C=CCC(Cc1cc2ccc(OC)cc2oc1=O)C(=O)NO. The zero-order chi connectivity index (χ0) is 16.1. The molecule has 0 spiro atoms. The van der Waals surface area contributed by atoms with Gasteiger partial charge in [-0.3, -0.25) is 10.0 Å². The molecule has 0 bridgehead atoms. The van der Waals surface area contributed by atoms with Gasteiger partial charge < -0.3 is 9.15 Å². The Bertz CT molecular complexity index is 750. The number of carbonyl (C=O) groups is 1. The van der Waals surface area contributed by atoms with Gasteiger partial charge in [0, 0.05) is 22.9 Å². The molecule has 0 saturated heterocycles. The number of hydrogen-bond donors (Lipinski definition) is 2. The molecule has 0 radical (unpaired) electrons. The maximum atomic E-state index is 12.1. The van der Waals surface area contributed by atoms with Crippen LogP contribution in [-0.4, -0.2) is 18.2 Å². The second-order valence-corrected chi connectivity index (χ2v) is 4.86. The molecule has 1 amide bonds. The van der Waals surface area contributed by atoms with Crippen molar-refractivity contribution in [2.24, 2.45) is 5.92 Å². The minimum atomic E-state index is -0.582. The molecule has 0 fully saturated rings. The first-order valence-corrected chi connectivity index (χ1v) is 6.74. The maximum Gasteiger partial charge on any atom is 0.339 e. The normalized spacial score (nSPS) is 11.9. The van der Waals surface area contributed by atoms with E-state index >= 15 is 0 Å². The molecule has 1 heterocycles. The van der Waals surface area contributed by atoms with E-state index in [-0.39, 0.29) is 6.42 Å². The molecule has 1 unspecified atom stereocenters. The first-order valence-electron chi connectivity index (χ1n) is 6.74. The van der Waals surface area contributed by atoms with Crippen LogP contribution in [0.2, 0.25) is 0 Å². The van der Waals surface area contributed by atoms with Crippen LogP contribution in [0.25, 0.3) is 11.0 Å². The second-order valence-electron chi connectivity index (χ2n) is 4.86. The van der Waals surface area contributed by atoms with Crippen LogP contribution in [0.5, 0.6) is 5.75 Å². The third-order valence-electron chi connectivity index (χ3n) is 3.41. The number of allylic oxidation sites excluding steroid dienone is 1. The van der Waals surface area contributed by atoms with Gasteiger partial charge in [-0.15, -0.1) is 6.58 Å². The molecule has 1 aromatic heterocycles. The van der Waals surface area contributed by atoms with E-state index < -0.39 is 17.5 Å². The Morgan fingerprint density at radius 1 is 1.50 bits per heavy atom. The van der Waals surface area contributed by atoms with Crippen LogP contribution in [0.1, 0.15) is 12.0 Å². The van der Waals surface area contributed by atoms with Gasteiger partial charge in [0.15, 0.2) is 0 Å². The molecule has 2 rings (SSSR count). The zero-order valence-corrected chi connectivity index (χ0v) is 12.2. The van der Waals surface area contributed by atoms with Crippen LogP contribution in [0.4, 0.5) is 0 Å². The van der Waals surface area contributed by atoms with Crippen molar-refractivity contribution in [1.82, 2.24) is 5.48 Å². The van der Waals surface area contributed by atoms with E-state index in [1.54, 1.807) is 35.8 Å². The van der Waals surface area contributed by atoms with Crippen LogP contribution in [-0.2, 0) is 11.2 Å². The lowest BCUT2D eigenvalue weighted by Crippen LogP contribution is -2.30. The average molecular weight is 303 g/mol. The van der Waals surface area contributed by atoms with E-state index in [2.05, 4.69) is 6.58 Å². The standard InChI is InChI=1S/C16H17NO5/c1-3-4-11(15(18)17-20)8-12-7-10-5-6-13(21-2)9-14(10)22-16(12)19/h3,5-7,9,11,20H,1,4,8H2,2H3,(H,17,18). The van der Waals surface area contributed by atoms with Crippen molar-refractivity contribution in [3.63, 3.8) is 0 Å². The van der Waals surface area contributed by atoms with Gasteiger partial charge in [0.25, 0.3) is 0 Å². The number of carbonyl (C=O) groups excluding carboxylic acids is 1. The maximum absolute atomic E-state index is 12.1. The van der Waals surface area contributed by atoms with Gasteiger partial charge in [-0.1, -0.05) is 6.08 Å². The Labute approximate surface area is 127 Å². The third kappa shape index (κ3) is 3.35. The Kier molecular flexibility index (Phi) is 4.95. The lowest BCUT2D eigenvalue weighted by molar-refractivity contribution is -0.133. The van der Waals surface area contributed by atoms with Crippen molar-refractivity contribution in [2.75, 3.05) is 7.11 Å². The Hall–Kier alpha value is -2.60. The highest BCUT2D eigenvalue weighted by Crippen LogP contribution is 2.21. The average Bonchev–Trinajstić information content (AvgIpc) is 2.53. The summed E-state index contributed by atoms with van der Waals surface area (Å²) in [6.45, 7) is 3.57. The Balaban J connectivity index is 2.38. The van der Waals surface area contributed by atoms with E-state index in [9.17, 15) is 9.59 Å². The van der Waals surface area contributed by atoms with Gasteiger partial charge in [0.2, 0.25) is 5.91 Å². The van der Waals surface area contributed by atoms with Crippen LogP contribution in [0.15, 0.2) is 46.1 Å². The van der Waals surface area contributed by atoms with Crippen LogP contribution < -0.4 is 15.8 Å². The van der Waals surface area contributed by atoms with Crippen molar-refractivity contribution >= 4 is 16.9 Å². The summed E-state index contributed by atoms with van der Waals surface area (Å²) in [5.41, 5.74) is 1.88. The van der Waals surface area contributed by atoms with Gasteiger partial charge in [0.1, 0.15) is 11.3 Å². The number of nitrogens with one attached hydrogen (secondary N) is 1. The predicted octanol–water partition coefficient (Wildman–Crippen LogP) is 2.04. The van der Waals surface area contributed by atoms with Gasteiger partial charge in [-0.25, -0.2) is 10.3 Å². The molecule has 22 heavy (non-hydrogen) atoms. The van der Waals surface area contributed by atoms with E-state index in [4.69, 9.17) is 14.4 Å². The van der Waals surface area contributed by atoms with Crippen molar-refractivity contribution in [2.45, 2.75) is 12.8 Å². The highest BCUT2D eigenvalue weighted by atomic mass is 16.5. The largest absolute Gasteiger partial charge is 0.497 e. The minimum Gasteiger partial charge on any atom is -0.497 e. The van der Waals surface area contributed by atoms with Gasteiger partial charge >= 0.3 is 5.63 Å². The van der Waals surface area contributed by atoms with Gasteiger partial charge in [0.05, 0.1) is 7.11 Å². The fraction of sp³-hybridized carbons (Fsp3) is 0.250. The molecule has 6 heteroatoms. The number of hydroxylamine groups is 1. The van der Waals surface area contributed by atoms with Crippen LogP contribution in [0, 0.1) is 5.92 Å². The lowest BCUT2D eigenvalue weighted by atomic mass is 9.96. The number of methoxy groups -OCH3 is 1. The smallest absolute Gasteiger partial charge is 0.339 e. The van der Waals surface area contributed by atoms with Crippen molar-refractivity contribution in [3.05, 3.63) is 52.9 Å². The Morgan fingerprint density at radius 3 is 2.91 bits per heavy atom. The van der Waals surface area contributed by atoms with Crippen molar-refractivity contribution in [3.8, 4) is 5.75 Å². The fourth-order valence-electron chi connectivity index (χ4n) is 2.24. The topological polar surface area (TPSA) is 88.8 Å². The number of rotatable bonds is 6. The molecule has 0 saturated carbocycles. The fourth-order valence-corrected chi connectivity index (χ4v) is 2.24. The third-order valence-corrected chi connectivity index (χ3v) is 3.41. The number of hydrogen-bond acceptors (Lipinski definition) is 5. The number of amides is 1. The predicted molar refractivity (Wildman–Crippen MR) is 81.0 cm³/mol. The van der Waals surface area contributed by atoms with E-state index in [1.807, 2.05) is 0 Å². The van der Waals surface area contributed by atoms with Crippen LogP contribution >= 0.6 is 0 Å². The van der Waals surface area contributed by atoms with Crippen LogP contribution in [0.3, 0.4) is 0 Å². The minimum absolute atomic E-state index is 0.155. The summed E-state index contributed by atoms with van der Waals surface area (Å²) < 4.78 is 10.4. The van der Waals surface area contributed by atoms with Gasteiger partial charge in [-0.05, 0) is 31.0 Å². The molecule has 0 aliphatic rings. The monoisotopic (exact) mass is 303 g/mol. The first kappa shape index (κ1) is 15.8. The summed E-state index contributed by atoms with van der Waals surface area (Å²) in [5, 5.41) is 9.49. The number of benzene rings is 1. The second kappa shape index (κ2) is 6.91. The summed E-state index contributed by atoms with van der Waals surface area (Å²) in [4.78, 5) is 23.7. The molecule has 1 aromatic carbocycles. The molecule has 6 nitrogen and oxygen atoms in total. The highest BCUT2D eigenvalue weighted by molar-refractivity contribution is 5.80. The molecule has 1 atom stereocenters. The summed E-state index contributed by atoms with van der Waals surface area (Å²) in [6, 6.07) is 6.84. The first-order chi connectivity index (χ1) is 10.6. The molecule has 0 aliphatic carbocycles. The number of ether oxygens (including phenoxy) is 1. The van der Waals surface area contributed by atoms with E-state index in [0.717, 1.165) is 5.39 Å². The summed E-state index contributed by atoms with van der Waals surface area (Å²) in [6.07, 6.45) is 2.06. The highest BCUT2D eigenvalue weighted by Gasteiger charge is 2.19. The molecule has 2 aromatic rings. The number of fused-ring (bicyclic) bond motifs is 1. The zero-order valence-electron chi connectivity index (χ0n) is 12.2. The molecule has 116 valence electrons. The summed E-state index contributed by atoms with van der Waals surface area (Å²) in [7, 11) is 1.53. The molecule has 0 aliphatic heterocycles. The van der Waals surface area contributed by atoms with E-state index in [1.165, 1.54) is 7.11 Å². The summed E-state index contributed by atoms with van der Waals surface area (Å²) >= 11 is 0. The molecular formula is C16H17NO5. The van der Waals surface area contributed by atoms with E-state index in [0.29, 0.717) is 23.3 Å². The molecule has 2 N–H and O–H groups in total. The summed E-state index contributed by atoms with van der Waals surface area (Å²) in [5.74, 6) is -0.553. The quantitative estimate of drug-likeness (QED) is 0.369. The lowest BCUT2D eigenvalue weighted by Gasteiger charge is -2.12. The Morgan fingerprint density at radius 2 is 2.27 bits per heavy atom. The molecular weight excluding hydrogens is 286 g/mol. The van der Waals surface area contributed by atoms with Crippen molar-refractivity contribution < 1.29 is 19.2 Å². The van der Waals surface area contributed by atoms with Crippen molar-refractivity contribution in [1.29, 1.82) is 0 Å².